The van der Waals surface area contributed by atoms with Gasteiger partial charge in [-0.25, -0.2) is 9.59 Å². The Morgan fingerprint density at radius 3 is 2.55 bits per heavy atom. The number of H-pyrrole nitrogens is 2. The van der Waals surface area contributed by atoms with Crippen molar-refractivity contribution in [3.8, 4) is 0 Å². The SMILES string of the molecule is O=c1[nH]c2cc(Cl)ccc2n1C1CC[N+]([O-])(CCCn2c(=O)[nH][13c]3[13cH][13cH][13cH][13cH][13c]32)CC1. The predicted octanol–water partition coefficient (Wildman–Crippen LogP) is 3.37. The molecule has 3 heterocycles. The molecule has 0 spiro atoms. The summed E-state index contributed by atoms with van der Waals surface area (Å²) in [5, 5.41) is 13.8. The number of fused-ring (bicyclic) bond motifs is 2. The number of quaternary nitrogens is 1. The maximum atomic E-state index is 13.2. The summed E-state index contributed by atoms with van der Waals surface area (Å²) in [6, 6.07) is 12.9. The van der Waals surface area contributed by atoms with Crippen LogP contribution in [-0.2, 0) is 6.54 Å². The molecule has 1 aliphatic heterocycles. The number of nitrogens with zero attached hydrogens (tertiary/aromatic N) is 3. The number of imidazole rings is 2. The van der Waals surface area contributed by atoms with Gasteiger partial charge in [-0.15, -0.1) is 0 Å². The maximum absolute atomic E-state index is 13.2. The summed E-state index contributed by atoms with van der Waals surface area (Å²) in [6.45, 7) is 1.88. The molecule has 9 heteroatoms. The van der Waals surface area contributed by atoms with Gasteiger partial charge in [0.05, 0.1) is 41.7 Å². The Balaban J connectivity index is 1.25. The summed E-state index contributed by atoms with van der Waals surface area (Å²) >= 11 is 6.03. The van der Waals surface area contributed by atoms with Crippen molar-refractivity contribution in [3.05, 3.63) is 73.7 Å². The average Bonchev–Trinajstić information content (AvgIpc) is 3.24. The number of aromatic amines is 2. The lowest BCUT2D eigenvalue weighted by molar-refractivity contribution is -0.886. The van der Waals surface area contributed by atoms with E-state index in [0.717, 1.165) is 22.1 Å². The van der Waals surface area contributed by atoms with E-state index < -0.39 is 0 Å². The van der Waals surface area contributed by atoms with Crippen LogP contribution in [0.5, 0.6) is 0 Å². The van der Waals surface area contributed by atoms with Crippen molar-refractivity contribution in [2.75, 3.05) is 19.6 Å². The van der Waals surface area contributed by atoms with E-state index in [9.17, 15) is 14.8 Å². The summed E-state index contributed by atoms with van der Waals surface area (Å²) in [4.78, 5) is 30.4. The second-order valence-corrected chi connectivity index (χ2v) is 8.81. The summed E-state index contributed by atoms with van der Waals surface area (Å²) in [6.07, 6.45) is 1.92. The van der Waals surface area contributed by atoms with E-state index >= 15 is 0 Å². The Morgan fingerprint density at radius 2 is 1.74 bits per heavy atom. The minimum Gasteiger partial charge on any atom is -0.633 e. The maximum Gasteiger partial charge on any atom is 0.326 e. The lowest BCUT2D eigenvalue weighted by Crippen LogP contribution is -2.49. The van der Waals surface area contributed by atoms with Crippen LogP contribution < -0.4 is 11.4 Å². The van der Waals surface area contributed by atoms with Crippen molar-refractivity contribution < 1.29 is 4.65 Å². The molecule has 1 saturated heterocycles. The highest BCUT2D eigenvalue weighted by molar-refractivity contribution is 6.31. The van der Waals surface area contributed by atoms with E-state index in [2.05, 4.69) is 9.97 Å². The van der Waals surface area contributed by atoms with Gasteiger partial charge in [-0.3, -0.25) is 9.13 Å². The largest absolute Gasteiger partial charge is 0.633 e. The third-order valence-corrected chi connectivity index (χ3v) is 6.65. The van der Waals surface area contributed by atoms with Gasteiger partial charge in [0.2, 0.25) is 0 Å². The first-order chi connectivity index (χ1) is 14.9. The lowest BCUT2D eigenvalue weighted by Gasteiger charge is -2.47. The molecule has 31 heavy (non-hydrogen) atoms. The van der Waals surface area contributed by atoms with Crippen molar-refractivity contribution in [1.82, 2.24) is 19.1 Å². The number of likely N-dealkylation sites (tertiary alicyclic amines) is 1. The molecule has 0 bridgehead atoms. The minimum atomic E-state index is -0.281. The molecular formula is C22H24ClN5O3. The molecule has 0 amide bonds. The molecule has 0 saturated carbocycles. The molecule has 2 N–H and O–H groups in total. The second-order valence-electron chi connectivity index (χ2n) is 8.37. The number of rotatable bonds is 5. The lowest BCUT2D eigenvalue weighted by atomic mass is 10.0. The first-order valence-corrected chi connectivity index (χ1v) is 11.0. The van der Waals surface area contributed by atoms with Crippen LogP contribution in [0.1, 0.15) is 25.3 Å². The fourth-order valence-electron chi connectivity index (χ4n) is 4.82. The van der Waals surface area contributed by atoms with E-state index in [1.54, 1.807) is 21.3 Å². The number of para-hydroxylation sites is 2. The molecule has 2 aromatic carbocycles. The number of aromatic nitrogens is 4. The molecule has 0 atom stereocenters. The summed E-state index contributed by atoms with van der Waals surface area (Å²) < 4.78 is 3.18. The monoisotopic (exact) mass is 447 g/mol. The molecule has 162 valence electrons. The van der Waals surface area contributed by atoms with Gasteiger partial charge in [0.1, 0.15) is 0 Å². The van der Waals surface area contributed by atoms with Crippen LogP contribution in [0.25, 0.3) is 22.1 Å². The standard InChI is InChI=1S/C22H24ClN5O3/c23-15-6-7-20-18(14-15)25-22(30)27(20)16-8-12-28(31,13-9-16)11-3-10-26-19-5-2-1-4-17(19)24-21(26)29/h1-2,4-7,14,16H,3,8-13H2,(H,24,29)(H,25,30)/i1+1,2+1,4+1,5+1,17+1,19+1. The van der Waals surface area contributed by atoms with Crippen LogP contribution in [0, 0.1) is 5.21 Å². The van der Waals surface area contributed by atoms with Gasteiger partial charge in [-0.05, 0) is 30.3 Å². The highest BCUT2D eigenvalue weighted by Gasteiger charge is 2.29. The van der Waals surface area contributed by atoms with Gasteiger partial charge in [-0.2, -0.15) is 0 Å². The van der Waals surface area contributed by atoms with E-state index in [1.807, 2.05) is 30.3 Å². The molecule has 0 unspecified atom stereocenters. The Labute approximate surface area is 182 Å². The molecule has 1 fully saturated rings. The van der Waals surface area contributed by atoms with Crippen molar-refractivity contribution >= 4 is 33.7 Å². The molecule has 5 rings (SSSR count). The van der Waals surface area contributed by atoms with Crippen molar-refractivity contribution in [3.63, 3.8) is 0 Å². The van der Waals surface area contributed by atoms with E-state index in [4.69, 9.17) is 11.6 Å². The molecule has 2 aromatic heterocycles. The number of hydrogen-bond acceptors (Lipinski definition) is 3. The number of hydroxylamine groups is 3. The van der Waals surface area contributed by atoms with E-state index in [0.29, 0.717) is 50.5 Å². The summed E-state index contributed by atoms with van der Waals surface area (Å²) in [5.74, 6) is 0. The Kier molecular flexibility index (Phi) is 5.00. The fourth-order valence-corrected chi connectivity index (χ4v) is 4.99. The number of benzene rings is 2. The van der Waals surface area contributed by atoms with Gasteiger partial charge in [0, 0.05) is 36.9 Å². The highest BCUT2D eigenvalue weighted by Crippen LogP contribution is 2.29. The zero-order valence-electron chi connectivity index (χ0n) is 17.0. The zero-order valence-corrected chi connectivity index (χ0v) is 17.8. The Bertz CT molecular complexity index is 1360. The van der Waals surface area contributed by atoms with Crippen LogP contribution in [0.2, 0.25) is 5.02 Å². The normalized spacial score (nSPS) is 21.8. The highest BCUT2D eigenvalue weighted by atomic mass is 35.5. The minimum absolute atomic E-state index is 0.00105. The van der Waals surface area contributed by atoms with Gasteiger partial charge in [0.25, 0.3) is 0 Å². The van der Waals surface area contributed by atoms with Crippen LogP contribution in [0.4, 0.5) is 0 Å². The third kappa shape index (κ3) is 3.71. The topological polar surface area (TPSA) is 98.6 Å². The van der Waals surface area contributed by atoms with Gasteiger partial charge >= 0.3 is 11.4 Å². The quantitative estimate of drug-likeness (QED) is 0.362. The average molecular weight is 448 g/mol. The molecule has 1 aliphatic rings. The van der Waals surface area contributed by atoms with Crippen LogP contribution >= 0.6 is 11.6 Å². The number of piperidine rings is 1. The third-order valence-electron chi connectivity index (χ3n) is 6.41. The van der Waals surface area contributed by atoms with E-state index in [1.165, 1.54) is 0 Å². The summed E-state index contributed by atoms with van der Waals surface area (Å²) in [5.41, 5.74) is 2.91. The van der Waals surface area contributed by atoms with Crippen LogP contribution in [0.3, 0.4) is 0 Å². The second kappa shape index (κ2) is 7.71. The number of halogens is 1. The van der Waals surface area contributed by atoms with Crippen LogP contribution in [-0.4, -0.2) is 43.4 Å². The molecule has 4 aromatic rings. The zero-order chi connectivity index (χ0) is 21.6. The van der Waals surface area contributed by atoms with Crippen molar-refractivity contribution in [1.29, 1.82) is 0 Å². The number of aryl methyl sites for hydroxylation is 1. The van der Waals surface area contributed by atoms with E-state index in [-0.39, 0.29) is 22.1 Å². The van der Waals surface area contributed by atoms with Crippen molar-refractivity contribution in [2.24, 2.45) is 0 Å². The molecular weight excluding hydrogens is 424 g/mol. The molecule has 0 aliphatic carbocycles. The summed E-state index contributed by atoms with van der Waals surface area (Å²) in [7, 11) is 0. The molecule has 0 radical (unpaired) electrons. The van der Waals surface area contributed by atoms with Gasteiger partial charge < -0.3 is 19.8 Å². The molecule has 8 nitrogen and oxygen atoms in total. The first-order valence-electron chi connectivity index (χ1n) is 10.6. The van der Waals surface area contributed by atoms with Gasteiger partial charge in [-0.1, -0.05) is 23.7 Å². The number of nitrogens with one attached hydrogen (secondary N) is 2. The van der Waals surface area contributed by atoms with Gasteiger partial charge in [0.15, 0.2) is 0 Å². The predicted molar refractivity (Wildman–Crippen MR) is 121 cm³/mol. The Hall–Kier alpha value is -2.81. The van der Waals surface area contributed by atoms with Crippen molar-refractivity contribution in [2.45, 2.75) is 31.8 Å². The smallest absolute Gasteiger partial charge is 0.326 e. The fraction of sp³-hybridized carbons (Fsp3) is 0.364. The van der Waals surface area contributed by atoms with Crippen LogP contribution in [0.15, 0.2) is 52.1 Å². The Morgan fingerprint density at radius 1 is 1.00 bits per heavy atom. The first kappa shape index (κ1) is 20.1. The number of hydrogen-bond donors (Lipinski definition) is 2.